The predicted molar refractivity (Wildman–Crippen MR) is 145 cm³/mol. The Labute approximate surface area is 244 Å². The van der Waals surface area contributed by atoms with Gasteiger partial charge in [0.15, 0.2) is 0 Å². The first-order chi connectivity index (χ1) is 20.2. The topological polar surface area (TPSA) is 87.4 Å². The zero-order valence-electron chi connectivity index (χ0n) is 23.7. The van der Waals surface area contributed by atoms with Crippen molar-refractivity contribution in [2.24, 2.45) is 13.0 Å². The summed E-state index contributed by atoms with van der Waals surface area (Å²) >= 11 is 0. The molecule has 0 radical (unpaired) electrons. The molecule has 43 heavy (non-hydrogen) atoms. The Hall–Kier alpha value is -3.84. The number of carboxylic acid groups (broad SMARTS) is 1. The maximum atomic E-state index is 13.6. The summed E-state index contributed by atoms with van der Waals surface area (Å²) in [5.41, 5.74) is -2.13. The van der Waals surface area contributed by atoms with Gasteiger partial charge in [-0.3, -0.25) is 4.68 Å². The molecule has 2 fully saturated rings. The SMILES string of the molecule is CC[C@]1(C2CC[C@H](N(Cc3cc(C(F)(F)F)cc(C(F)(F)F)c3)c3ncc(-c4cnn(C)c4)cn3)C2)CCCN1C(=O)O. The molecule has 0 bridgehead atoms. The summed E-state index contributed by atoms with van der Waals surface area (Å²) < 4.78 is 83.5. The molecule has 0 spiro atoms. The van der Waals surface area contributed by atoms with Gasteiger partial charge < -0.3 is 14.9 Å². The summed E-state index contributed by atoms with van der Waals surface area (Å²) in [5.74, 6) is 0.127. The third kappa shape index (κ3) is 6.14. The van der Waals surface area contributed by atoms with Gasteiger partial charge in [-0.25, -0.2) is 14.8 Å². The molecular formula is C29H32F6N6O2. The van der Waals surface area contributed by atoms with Crippen LogP contribution in [0, 0.1) is 5.92 Å². The van der Waals surface area contributed by atoms with E-state index in [2.05, 4.69) is 15.1 Å². The second-order valence-electron chi connectivity index (χ2n) is 11.4. The highest BCUT2D eigenvalue weighted by molar-refractivity contribution is 5.67. The number of alkyl halides is 6. The average molecular weight is 611 g/mol. The lowest BCUT2D eigenvalue weighted by molar-refractivity contribution is -0.143. The summed E-state index contributed by atoms with van der Waals surface area (Å²) in [5, 5.41) is 14.0. The third-order valence-corrected chi connectivity index (χ3v) is 8.91. The van der Waals surface area contributed by atoms with E-state index in [1.165, 1.54) is 4.90 Å². The Morgan fingerprint density at radius 1 is 1.02 bits per heavy atom. The quantitative estimate of drug-likeness (QED) is 0.290. The van der Waals surface area contributed by atoms with Crippen LogP contribution in [-0.4, -0.2) is 54.0 Å². The molecule has 232 valence electrons. The van der Waals surface area contributed by atoms with E-state index in [0.29, 0.717) is 44.2 Å². The molecule has 14 heteroatoms. The normalized spacial score (nSPS) is 22.7. The maximum absolute atomic E-state index is 13.6. The van der Waals surface area contributed by atoms with Gasteiger partial charge in [0.2, 0.25) is 5.95 Å². The first kappa shape index (κ1) is 30.6. The predicted octanol–water partition coefficient (Wildman–Crippen LogP) is 7.01. The smallest absolute Gasteiger partial charge is 0.416 e. The van der Waals surface area contributed by atoms with Gasteiger partial charge in [-0.05, 0) is 68.2 Å². The number of hydrogen-bond acceptors (Lipinski definition) is 5. The van der Waals surface area contributed by atoms with Crippen LogP contribution in [0.4, 0.5) is 37.1 Å². The van der Waals surface area contributed by atoms with Crippen molar-refractivity contribution in [1.29, 1.82) is 0 Å². The molecule has 5 rings (SSSR count). The monoisotopic (exact) mass is 610 g/mol. The zero-order valence-corrected chi connectivity index (χ0v) is 23.7. The summed E-state index contributed by atoms with van der Waals surface area (Å²) in [4.78, 5) is 24.2. The molecule has 1 saturated heterocycles. The van der Waals surface area contributed by atoms with E-state index >= 15 is 0 Å². The summed E-state index contributed by atoms with van der Waals surface area (Å²) in [6, 6.07) is 1.24. The van der Waals surface area contributed by atoms with E-state index < -0.39 is 35.1 Å². The number of carbonyl (C=O) groups is 1. The van der Waals surface area contributed by atoms with Gasteiger partial charge in [0.25, 0.3) is 0 Å². The minimum atomic E-state index is -4.97. The molecule has 1 N–H and O–H groups in total. The van der Waals surface area contributed by atoms with E-state index in [-0.39, 0.29) is 36.1 Å². The van der Waals surface area contributed by atoms with Gasteiger partial charge in [-0.2, -0.15) is 31.4 Å². The number of aryl methyl sites for hydroxylation is 1. The van der Waals surface area contributed by atoms with Crippen LogP contribution < -0.4 is 4.90 Å². The minimum Gasteiger partial charge on any atom is -0.465 e. The summed E-state index contributed by atoms with van der Waals surface area (Å²) in [6.07, 6.45) is -0.718. The largest absolute Gasteiger partial charge is 0.465 e. The third-order valence-electron chi connectivity index (χ3n) is 8.91. The molecule has 1 amide bonds. The highest BCUT2D eigenvalue weighted by Gasteiger charge is 2.51. The summed E-state index contributed by atoms with van der Waals surface area (Å²) in [7, 11) is 1.75. The van der Waals surface area contributed by atoms with Crippen molar-refractivity contribution >= 4 is 12.0 Å². The molecule has 1 aliphatic carbocycles. The lowest BCUT2D eigenvalue weighted by atomic mass is 9.78. The molecule has 1 unspecified atom stereocenters. The van der Waals surface area contributed by atoms with Gasteiger partial charge in [-0.15, -0.1) is 0 Å². The van der Waals surface area contributed by atoms with Crippen molar-refractivity contribution in [2.75, 3.05) is 11.4 Å². The van der Waals surface area contributed by atoms with Gasteiger partial charge >= 0.3 is 18.4 Å². The van der Waals surface area contributed by atoms with Crippen LogP contribution in [0.5, 0.6) is 0 Å². The summed E-state index contributed by atoms with van der Waals surface area (Å²) in [6.45, 7) is 2.09. The van der Waals surface area contributed by atoms with Crippen molar-refractivity contribution in [3.8, 4) is 11.1 Å². The highest BCUT2D eigenvalue weighted by atomic mass is 19.4. The van der Waals surface area contributed by atoms with Crippen LogP contribution in [-0.2, 0) is 25.9 Å². The molecule has 2 aromatic heterocycles. The van der Waals surface area contributed by atoms with Gasteiger partial charge in [-0.1, -0.05) is 6.92 Å². The second kappa shape index (κ2) is 11.3. The van der Waals surface area contributed by atoms with Crippen LogP contribution in [0.1, 0.15) is 62.1 Å². The van der Waals surface area contributed by atoms with Gasteiger partial charge in [0.1, 0.15) is 0 Å². The molecule has 3 aromatic rings. The molecule has 1 aliphatic heterocycles. The van der Waals surface area contributed by atoms with E-state index in [1.807, 2.05) is 6.92 Å². The van der Waals surface area contributed by atoms with E-state index in [1.54, 1.807) is 41.4 Å². The lowest BCUT2D eigenvalue weighted by Crippen LogP contribution is -2.51. The van der Waals surface area contributed by atoms with Crippen LogP contribution in [0.3, 0.4) is 0 Å². The number of rotatable bonds is 7. The number of nitrogens with zero attached hydrogens (tertiary/aromatic N) is 6. The van der Waals surface area contributed by atoms with E-state index in [4.69, 9.17) is 0 Å². The first-order valence-corrected chi connectivity index (χ1v) is 14.1. The Morgan fingerprint density at radius 2 is 1.67 bits per heavy atom. The van der Waals surface area contributed by atoms with Crippen molar-refractivity contribution < 1.29 is 36.2 Å². The molecule has 2 aliphatic rings. The fourth-order valence-electron chi connectivity index (χ4n) is 6.86. The number of aromatic nitrogens is 4. The molecular weight excluding hydrogens is 578 g/mol. The number of likely N-dealkylation sites (tertiary alicyclic amines) is 1. The number of hydrogen-bond donors (Lipinski definition) is 1. The standard InChI is InChI=1S/C29H32F6N6O2/c1-3-27(7-4-8-41(27)26(42)43)21-5-6-24(12-21)40(25-36-13-19(14-37-25)20-15-38-39(2)17-20)16-18-9-22(28(30,31)32)11-23(10-18)29(33,34)35/h9-11,13-15,17,21,24H,3-8,12,16H2,1-2H3,(H,42,43)/t21?,24-,27+/m0/s1. The first-order valence-electron chi connectivity index (χ1n) is 14.1. The number of benzene rings is 1. The fourth-order valence-corrected chi connectivity index (χ4v) is 6.86. The number of anilines is 1. The van der Waals surface area contributed by atoms with E-state index in [9.17, 15) is 36.2 Å². The maximum Gasteiger partial charge on any atom is 0.416 e. The van der Waals surface area contributed by atoms with Crippen LogP contribution in [0.15, 0.2) is 43.0 Å². The minimum absolute atomic E-state index is 0.0366. The fraction of sp³-hybridized carbons (Fsp3) is 0.517. The molecule has 3 atom stereocenters. The van der Waals surface area contributed by atoms with Crippen LogP contribution >= 0.6 is 0 Å². The number of amides is 1. The molecule has 8 nitrogen and oxygen atoms in total. The molecule has 3 heterocycles. The van der Waals surface area contributed by atoms with Gasteiger partial charge in [0.05, 0.1) is 17.3 Å². The van der Waals surface area contributed by atoms with Crippen LogP contribution in [0.2, 0.25) is 0 Å². The Kier molecular flexibility index (Phi) is 8.07. The molecule has 1 saturated carbocycles. The Bertz CT molecular complexity index is 1420. The second-order valence-corrected chi connectivity index (χ2v) is 11.4. The van der Waals surface area contributed by atoms with Crippen molar-refractivity contribution in [1.82, 2.24) is 24.6 Å². The van der Waals surface area contributed by atoms with Crippen molar-refractivity contribution in [2.45, 2.75) is 75.9 Å². The van der Waals surface area contributed by atoms with Gasteiger partial charge in [0, 0.05) is 61.4 Å². The Balaban J connectivity index is 1.51. The zero-order chi connectivity index (χ0) is 31.2. The number of halogens is 6. The lowest BCUT2D eigenvalue weighted by Gasteiger charge is -2.42. The average Bonchev–Trinajstić information content (AvgIpc) is 3.71. The van der Waals surface area contributed by atoms with Crippen molar-refractivity contribution in [3.63, 3.8) is 0 Å². The molecule has 1 aromatic carbocycles. The Morgan fingerprint density at radius 3 is 2.21 bits per heavy atom. The highest BCUT2D eigenvalue weighted by Crippen LogP contribution is 2.48. The van der Waals surface area contributed by atoms with Crippen LogP contribution in [0.25, 0.3) is 11.1 Å². The van der Waals surface area contributed by atoms with Crippen molar-refractivity contribution in [3.05, 3.63) is 59.7 Å². The van der Waals surface area contributed by atoms with E-state index in [0.717, 1.165) is 24.1 Å².